The molecule has 0 aromatic heterocycles. The molecule has 118 valence electrons. The van der Waals surface area contributed by atoms with Gasteiger partial charge in [0.05, 0.1) is 0 Å². The van der Waals surface area contributed by atoms with Crippen LogP contribution in [0.25, 0.3) is 43.4 Å². The van der Waals surface area contributed by atoms with E-state index in [9.17, 15) is 4.39 Å². The van der Waals surface area contributed by atoms with E-state index in [1.807, 2.05) is 12.1 Å². The molecule has 0 unspecified atom stereocenters. The van der Waals surface area contributed by atoms with Gasteiger partial charge in [0.1, 0.15) is 5.82 Å². The minimum atomic E-state index is -0.208. The summed E-state index contributed by atoms with van der Waals surface area (Å²) in [6.45, 7) is 0. The molecule has 0 amide bonds. The molecule has 0 heterocycles. The SMILES string of the molecule is Fc1ccc(-c2cccc3ccc4cc5ccccc5cc4c23)cc1. The van der Waals surface area contributed by atoms with E-state index in [-0.39, 0.29) is 5.82 Å². The Bertz CT molecular complexity index is 1230. The zero-order valence-electron chi connectivity index (χ0n) is 13.5. The lowest BCUT2D eigenvalue weighted by Gasteiger charge is -2.11. The van der Waals surface area contributed by atoms with Crippen molar-refractivity contribution in [3.63, 3.8) is 0 Å². The fourth-order valence-corrected chi connectivity index (χ4v) is 3.67. The fourth-order valence-electron chi connectivity index (χ4n) is 3.67. The Kier molecular flexibility index (Phi) is 3.07. The van der Waals surface area contributed by atoms with E-state index in [0.717, 1.165) is 11.1 Å². The fraction of sp³-hybridized carbons (Fsp3) is 0. The molecule has 0 aliphatic heterocycles. The highest BCUT2D eigenvalue weighted by atomic mass is 19.1. The Hall–Kier alpha value is -3.19. The first-order chi connectivity index (χ1) is 12.3. The van der Waals surface area contributed by atoms with Crippen molar-refractivity contribution < 1.29 is 4.39 Å². The quantitative estimate of drug-likeness (QED) is 0.231. The molecule has 0 spiro atoms. The lowest BCUT2D eigenvalue weighted by molar-refractivity contribution is 0.628. The highest BCUT2D eigenvalue weighted by Crippen LogP contribution is 2.36. The lowest BCUT2D eigenvalue weighted by atomic mass is 9.92. The summed E-state index contributed by atoms with van der Waals surface area (Å²) in [5.41, 5.74) is 2.17. The van der Waals surface area contributed by atoms with E-state index in [2.05, 4.69) is 66.7 Å². The second-order valence-corrected chi connectivity index (χ2v) is 6.40. The maximum atomic E-state index is 13.3. The molecule has 0 aliphatic rings. The van der Waals surface area contributed by atoms with Gasteiger partial charge >= 0.3 is 0 Å². The minimum Gasteiger partial charge on any atom is -0.207 e. The van der Waals surface area contributed by atoms with Gasteiger partial charge < -0.3 is 0 Å². The van der Waals surface area contributed by atoms with E-state index in [1.54, 1.807) is 0 Å². The molecule has 0 N–H and O–H groups in total. The molecular formula is C24H15F. The van der Waals surface area contributed by atoms with Crippen LogP contribution in [0.2, 0.25) is 0 Å². The van der Waals surface area contributed by atoms with E-state index in [1.165, 1.54) is 44.5 Å². The van der Waals surface area contributed by atoms with Crippen LogP contribution in [-0.2, 0) is 0 Å². The van der Waals surface area contributed by atoms with E-state index < -0.39 is 0 Å². The van der Waals surface area contributed by atoms with Crippen molar-refractivity contribution in [2.75, 3.05) is 0 Å². The summed E-state index contributed by atoms with van der Waals surface area (Å²) in [5, 5.41) is 7.35. The molecule has 5 aromatic carbocycles. The molecule has 25 heavy (non-hydrogen) atoms. The van der Waals surface area contributed by atoms with Crippen molar-refractivity contribution >= 4 is 32.3 Å². The van der Waals surface area contributed by atoms with Gasteiger partial charge in [-0.05, 0) is 67.7 Å². The van der Waals surface area contributed by atoms with Gasteiger partial charge in [0.15, 0.2) is 0 Å². The van der Waals surface area contributed by atoms with Crippen LogP contribution in [0.1, 0.15) is 0 Å². The van der Waals surface area contributed by atoms with Crippen molar-refractivity contribution in [2.24, 2.45) is 0 Å². The van der Waals surface area contributed by atoms with Gasteiger partial charge in [0, 0.05) is 0 Å². The number of halogens is 1. The average molecular weight is 322 g/mol. The summed E-state index contributed by atoms with van der Waals surface area (Å²) < 4.78 is 13.3. The third-order valence-corrected chi connectivity index (χ3v) is 4.88. The average Bonchev–Trinajstić information content (AvgIpc) is 2.66. The molecule has 0 aliphatic carbocycles. The second kappa shape index (κ2) is 5.42. The van der Waals surface area contributed by atoms with Crippen LogP contribution in [0.3, 0.4) is 0 Å². The number of hydrogen-bond acceptors (Lipinski definition) is 0. The Morgan fingerprint density at radius 2 is 1.20 bits per heavy atom. The molecule has 0 saturated carbocycles. The zero-order chi connectivity index (χ0) is 16.8. The van der Waals surface area contributed by atoms with Crippen LogP contribution in [0, 0.1) is 5.82 Å². The predicted molar refractivity (Wildman–Crippen MR) is 104 cm³/mol. The second-order valence-electron chi connectivity index (χ2n) is 6.40. The molecule has 0 bridgehead atoms. The normalized spacial score (nSPS) is 11.4. The van der Waals surface area contributed by atoms with Crippen molar-refractivity contribution in [3.05, 3.63) is 96.8 Å². The van der Waals surface area contributed by atoms with Crippen molar-refractivity contribution in [1.29, 1.82) is 0 Å². The van der Waals surface area contributed by atoms with Gasteiger partial charge in [-0.2, -0.15) is 0 Å². The smallest absolute Gasteiger partial charge is 0.123 e. The van der Waals surface area contributed by atoms with E-state index in [4.69, 9.17) is 0 Å². The Morgan fingerprint density at radius 1 is 0.520 bits per heavy atom. The first-order valence-corrected chi connectivity index (χ1v) is 8.40. The Morgan fingerprint density at radius 3 is 2.00 bits per heavy atom. The van der Waals surface area contributed by atoms with Crippen LogP contribution in [-0.4, -0.2) is 0 Å². The molecule has 1 heteroatoms. The molecule has 0 fully saturated rings. The molecule has 5 rings (SSSR count). The van der Waals surface area contributed by atoms with Crippen LogP contribution in [0.15, 0.2) is 91.0 Å². The Labute approximate surface area is 145 Å². The van der Waals surface area contributed by atoms with Gasteiger partial charge in [-0.25, -0.2) is 4.39 Å². The van der Waals surface area contributed by atoms with Gasteiger partial charge in [-0.15, -0.1) is 0 Å². The highest BCUT2D eigenvalue weighted by molar-refractivity contribution is 6.17. The topological polar surface area (TPSA) is 0 Å². The monoisotopic (exact) mass is 322 g/mol. The molecule has 0 nitrogen and oxygen atoms in total. The van der Waals surface area contributed by atoms with Crippen LogP contribution < -0.4 is 0 Å². The van der Waals surface area contributed by atoms with E-state index >= 15 is 0 Å². The van der Waals surface area contributed by atoms with Crippen LogP contribution >= 0.6 is 0 Å². The molecular weight excluding hydrogens is 307 g/mol. The van der Waals surface area contributed by atoms with Gasteiger partial charge in [0.25, 0.3) is 0 Å². The molecule has 0 radical (unpaired) electrons. The maximum absolute atomic E-state index is 13.3. The molecule has 0 saturated heterocycles. The number of hydrogen-bond donors (Lipinski definition) is 0. The number of rotatable bonds is 1. The van der Waals surface area contributed by atoms with Gasteiger partial charge in [0.2, 0.25) is 0 Å². The number of fused-ring (bicyclic) bond motifs is 4. The first kappa shape index (κ1) is 14.2. The van der Waals surface area contributed by atoms with Gasteiger partial charge in [-0.1, -0.05) is 66.7 Å². The van der Waals surface area contributed by atoms with Crippen molar-refractivity contribution in [1.82, 2.24) is 0 Å². The van der Waals surface area contributed by atoms with Crippen LogP contribution in [0.5, 0.6) is 0 Å². The summed E-state index contributed by atoms with van der Waals surface area (Å²) in [6, 6.07) is 30.3. The minimum absolute atomic E-state index is 0.208. The highest BCUT2D eigenvalue weighted by Gasteiger charge is 2.09. The Balaban J connectivity index is 1.93. The molecule has 0 atom stereocenters. The zero-order valence-corrected chi connectivity index (χ0v) is 13.5. The summed E-state index contributed by atoms with van der Waals surface area (Å²) >= 11 is 0. The van der Waals surface area contributed by atoms with Gasteiger partial charge in [-0.3, -0.25) is 0 Å². The first-order valence-electron chi connectivity index (χ1n) is 8.40. The van der Waals surface area contributed by atoms with Crippen molar-refractivity contribution in [3.8, 4) is 11.1 Å². The summed E-state index contributed by atoms with van der Waals surface area (Å²) in [4.78, 5) is 0. The van der Waals surface area contributed by atoms with Crippen molar-refractivity contribution in [2.45, 2.75) is 0 Å². The standard InChI is InChI=1S/C24H15F/c25-21-12-10-16(11-13-21)22-7-3-6-17-8-9-20-14-18-4-1-2-5-19(18)15-23(20)24(17)22/h1-15H. The summed E-state index contributed by atoms with van der Waals surface area (Å²) in [7, 11) is 0. The summed E-state index contributed by atoms with van der Waals surface area (Å²) in [6.07, 6.45) is 0. The summed E-state index contributed by atoms with van der Waals surface area (Å²) in [5.74, 6) is -0.208. The maximum Gasteiger partial charge on any atom is 0.123 e. The third kappa shape index (κ3) is 2.28. The number of benzene rings is 5. The van der Waals surface area contributed by atoms with E-state index in [0.29, 0.717) is 0 Å². The lowest BCUT2D eigenvalue weighted by Crippen LogP contribution is -1.85. The largest absolute Gasteiger partial charge is 0.207 e. The third-order valence-electron chi connectivity index (χ3n) is 4.88. The molecule has 5 aromatic rings. The van der Waals surface area contributed by atoms with Crippen LogP contribution in [0.4, 0.5) is 4.39 Å². The predicted octanol–water partition coefficient (Wildman–Crippen LogP) is 6.95.